The van der Waals surface area contributed by atoms with Gasteiger partial charge in [-0.05, 0) is 26.3 Å². The summed E-state index contributed by atoms with van der Waals surface area (Å²) in [5.41, 5.74) is 7.64. The molecule has 0 N–H and O–H groups in total. The maximum Gasteiger partial charge on any atom is 0.308 e. The molecule has 0 aliphatic heterocycles. The van der Waals surface area contributed by atoms with Gasteiger partial charge in [0.1, 0.15) is 5.60 Å². The zero-order valence-corrected chi connectivity index (χ0v) is 22.2. The molecule has 0 saturated heterocycles. The second kappa shape index (κ2) is 26.5. The third-order valence-electron chi connectivity index (χ3n) is 3.87. The molecule has 0 aliphatic rings. The molecule has 0 spiro atoms. The third-order valence-corrected chi connectivity index (χ3v) is 3.87. The van der Waals surface area contributed by atoms with Gasteiger partial charge in [-0.25, -0.2) is 0 Å². The minimum Gasteiger partial charge on any atom is -0.460 e. The summed E-state index contributed by atoms with van der Waals surface area (Å²) in [5.74, 6) is -0.266. The fourth-order valence-electron chi connectivity index (χ4n) is 2.34. The molecule has 0 radical (unpaired) electrons. The van der Waals surface area contributed by atoms with Crippen LogP contribution in [0.1, 0.15) is 27.2 Å². The van der Waals surface area contributed by atoms with Crippen LogP contribution in [0, 0.1) is 0 Å². The monoisotopic (exact) mass is 523 g/mol. The highest BCUT2D eigenvalue weighted by atomic mass is 16.6. The molecule has 0 saturated carbocycles. The number of azide groups is 1. The number of esters is 1. The van der Waals surface area contributed by atoms with E-state index in [0.29, 0.717) is 112 Å². The standard InChI is InChI=1S/C23H45N3O10/c1-23(2,3)36-22(27)4-6-28-8-10-30-12-14-32-16-18-34-20-21-35-19-17-33-15-13-31-11-9-29-7-5-25-26-24/h4-21H2,1-3H3. The summed E-state index contributed by atoms with van der Waals surface area (Å²) in [6.45, 7) is 13.2. The van der Waals surface area contributed by atoms with Crippen molar-refractivity contribution in [1.82, 2.24) is 0 Å². The molecule has 0 unspecified atom stereocenters. The second-order valence-corrected chi connectivity index (χ2v) is 8.19. The maximum absolute atomic E-state index is 11.5. The predicted octanol–water partition coefficient (Wildman–Crippen LogP) is 2.16. The van der Waals surface area contributed by atoms with Crippen LogP contribution in [0.25, 0.3) is 10.4 Å². The van der Waals surface area contributed by atoms with Gasteiger partial charge in [0.2, 0.25) is 0 Å². The summed E-state index contributed by atoms with van der Waals surface area (Å²) in [5, 5.41) is 3.36. The Morgan fingerprint density at radius 1 is 0.583 bits per heavy atom. The Morgan fingerprint density at radius 3 is 1.19 bits per heavy atom. The van der Waals surface area contributed by atoms with Crippen LogP contribution in [-0.2, 0) is 47.4 Å². The lowest BCUT2D eigenvalue weighted by Crippen LogP contribution is -2.24. The average molecular weight is 524 g/mol. The van der Waals surface area contributed by atoms with Gasteiger partial charge >= 0.3 is 5.97 Å². The van der Waals surface area contributed by atoms with Crippen LogP contribution in [0.3, 0.4) is 0 Å². The molecule has 13 nitrogen and oxygen atoms in total. The molecule has 13 heteroatoms. The molecular weight excluding hydrogens is 478 g/mol. The summed E-state index contributed by atoms with van der Waals surface area (Å²) < 4.78 is 48.1. The Morgan fingerprint density at radius 2 is 0.889 bits per heavy atom. The summed E-state index contributed by atoms with van der Waals surface area (Å²) >= 11 is 0. The topological polar surface area (TPSA) is 149 Å². The largest absolute Gasteiger partial charge is 0.460 e. The first-order valence-electron chi connectivity index (χ1n) is 12.3. The van der Waals surface area contributed by atoms with Gasteiger partial charge in [-0.2, -0.15) is 0 Å². The van der Waals surface area contributed by atoms with Crippen molar-refractivity contribution in [3.63, 3.8) is 0 Å². The lowest BCUT2D eigenvalue weighted by molar-refractivity contribution is -0.156. The van der Waals surface area contributed by atoms with Crippen molar-refractivity contribution in [1.29, 1.82) is 0 Å². The van der Waals surface area contributed by atoms with Gasteiger partial charge in [-0.15, -0.1) is 0 Å². The molecule has 0 aliphatic carbocycles. The van der Waals surface area contributed by atoms with E-state index >= 15 is 0 Å². The first-order valence-corrected chi connectivity index (χ1v) is 12.3. The molecule has 0 heterocycles. The Hall–Kier alpha value is -1.54. The Labute approximate surface area is 214 Å². The van der Waals surface area contributed by atoms with Crippen LogP contribution in [0.5, 0.6) is 0 Å². The minimum atomic E-state index is -0.472. The van der Waals surface area contributed by atoms with Crippen LogP contribution in [-0.4, -0.2) is 124 Å². The zero-order valence-electron chi connectivity index (χ0n) is 22.2. The number of carbonyl (C=O) groups is 1. The van der Waals surface area contributed by atoms with Crippen molar-refractivity contribution in [3.05, 3.63) is 10.4 Å². The van der Waals surface area contributed by atoms with Gasteiger partial charge in [0.15, 0.2) is 0 Å². The van der Waals surface area contributed by atoms with E-state index in [1.54, 1.807) is 0 Å². The number of nitrogens with zero attached hydrogens (tertiary/aromatic N) is 3. The van der Waals surface area contributed by atoms with E-state index < -0.39 is 5.60 Å². The van der Waals surface area contributed by atoms with E-state index in [-0.39, 0.29) is 12.4 Å². The average Bonchev–Trinajstić information content (AvgIpc) is 2.82. The number of hydrogen-bond acceptors (Lipinski definition) is 11. The number of hydrogen-bond donors (Lipinski definition) is 0. The summed E-state index contributed by atoms with van der Waals surface area (Å²) in [6.07, 6.45) is 0.232. The molecular formula is C23H45N3O10. The molecule has 0 rings (SSSR count). The number of ether oxygens (including phenoxy) is 9. The van der Waals surface area contributed by atoms with Crippen molar-refractivity contribution < 1.29 is 47.4 Å². The zero-order chi connectivity index (χ0) is 26.6. The van der Waals surface area contributed by atoms with Crippen molar-refractivity contribution in [3.8, 4) is 0 Å². The van der Waals surface area contributed by atoms with Gasteiger partial charge in [0.25, 0.3) is 0 Å². The molecule has 0 aromatic rings. The van der Waals surface area contributed by atoms with Gasteiger partial charge in [-0.1, -0.05) is 5.11 Å². The van der Waals surface area contributed by atoms with Crippen LogP contribution >= 0.6 is 0 Å². The SMILES string of the molecule is CC(C)(C)OC(=O)CCOCCOCCOCCOCCOCCOCCOCCOCCN=[N+]=[N-]. The molecule has 0 atom stereocenters. The quantitative estimate of drug-likeness (QED) is 0.0515. The predicted molar refractivity (Wildman–Crippen MR) is 131 cm³/mol. The first kappa shape index (κ1) is 34.5. The van der Waals surface area contributed by atoms with E-state index in [0.717, 1.165) is 0 Å². The number of rotatable bonds is 27. The fraction of sp³-hybridized carbons (Fsp3) is 0.957. The first-order chi connectivity index (χ1) is 17.5. The van der Waals surface area contributed by atoms with E-state index in [9.17, 15) is 4.79 Å². The highest BCUT2D eigenvalue weighted by Gasteiger charge is 2.15. The van der Waals surface area contributed by atoms with Crippen molar-refractivity contribution in [2.75, 3.05) is 112 Å². The van der Waals surface area contributed by atoms with Gasteiger partial charge in [0, 0.05) is 11.5 Å². The van der Waals surface area contributed by atoms with E-state index in [1.165, 1.54) is 0 Å². The summed E-state index contributed by atoms with van der Waals surface area (Å²) in [4.78, 5) is 14.1. The lowest BCUT2D eigenvalue weighted by Gasteiger charge is -2.19. The maximum atomic E-state index is 11.5. The van der Waals surface area contributed by atoms with Crippen molar-refractivity contribution >= 4 is 5.97 Å². The van der Waals surface area contributed by atoms with E-state index in [1.807, 2.05) is 20.8 Å². The van der Waals surface area contributed by atoms with E-state index in [4.69, 9.17) is 48.2 Å². The molecule has 0 amide bonds. The van der Waals surface area contributed by atoms with Gasteiger partial charge in [0.05, 0.1) is 112 Å². The Balaban J connectivity index is 3.11. The Bertz CT molecular complexity index is 543. The molecule has 0 aromatic carbocycles. The van der Waals surface area contributed by atoms with Crippen LogP contribution < -0.4 is 0 Å². The second-order valence-electron chi connectivity index (χ2n) is 8.19. The molecule has 0 aromatic heterocycles. The summed E-state index contributed by atoms with van der Waals surface area (Å²) in [7, 11) is 0. The smallest absolute Gasteiger partial charge is 0.308 e. The molecule has 0 fully saturated rings. The molecule has 212 valence electrons. The Kier molecular flexibility index (Phi) is 25.4. The van der Waals surface area contributed by atoms with E-state index in [2.05, 4.69) is 10.0 Å². The highest BCUT2D eigenvalue weighted by Crippen LogP contribution is 2.08. The van der Waals surface area contributed by atoms with Crippen molar-refractivity contribution in [2.45, 2.75) is 32.8 Å². The van der Waals surface area contributed by atoms with Gasteiger partial charge < -0.3 is 42.6 Å². The van der Waals surface area contributed by atoms with Crippen LogP contribution in [0.4, 0.5) is 0 Å². The summed E-state index contributed by atoms with van der Waals surface area (Å²) in [6, 6.07) is 0. The lowest BCUT2D eigenvalue weighted by atomic mass is 10.2. The molecule has 36 heavy (non-hydrogen) atoms. The van der Waals surface area contributed by atoms with Gasteiger partial charge in [-0.3, -0.25) is 4.79 Å². The number of carbonyl (C=O) groups excluding carboxylic acids is 1. The van der Waals surface area contributed by atoms with Crippen LogP contribution in [0.2, 0.25) is 0 Å². The fourth-order valence-corrected chi connectivity index (χ4v) is 2.34. The normalized spacial score (nSPS) is 11.4. The highest BCUT2D eigenvalue weighted by molar-refractivity contribution is 5.69. The van der Waals surface area contributed by atoms with Crippen molar-refractivity contribution in [2.24, 2.45) is 5.11 Å². The molecule has 0 bridgehead atoms. The van der Waals surface area contributed by atoms with Crippen LogP contribution in [0.15, 0.2) is 5.11 Å². The third kappa shape index (κ3) is 30.5. The minimum absolute atomic E-state index is 0.232.